The molecule has 0 radical (unpaired) electrons. The van der Waals surface area contributed by atoms with Gasteiger partial charge in [0.1, 0.15) is 11.4 Å². The van der Waals surface area contributed by atoms with Crippen LogP contribution in [0.4, 0.5) is 0 Å². The van der Waals surface area contributed by atoms with Gasteiger partial charge in [0.15, 0.2) is 0 Å². The molecule has 0 saturated heterocycles. The topological polar surface area (TPSA) is 9.23 Å². The molecule has 2 rings (SSSR count). The molecule has 1 aliphatic rings. The Hall–Kier alpha value is -1.24. The molecule has 1 aliphatic heterocycles. The lowest BCUT2D eigenvalue weighted by Gasteiger charge is -2.36. The normalized spacial score (nSPS) is 22.0. The number of benzene rings is 1. The van der Waals surface area contributed by atoms with Crippen molar-refractivity contribution in [1.29, 1.82) is 0 Å². The zero-order valence-electron chi connectivity index (χ0n) is 12.0. The van der Waals surface area contributed by atoms with E-state index in [0.29, 0.717) is 0 Å². The average molecular weight is 244 g/mol. The predicted molar refractivity (Wildman–Crippen MR) is 77.2 cm³/mol. The van der Waals surface area contributed by atoms with Crippen LogP contribution in [0.1, 0.15) is 51.2 Å². The first-order valence-corrected chi connectivity index (χ1v) is 6.90. The molecular weight excluding hydrogens is 220 g/mol. The fourth-order valence-electron chi connectivity index (χ4n) is 2.52. The maximum atomic E-state index is 6.25. The van der Waals surface area contributed by atoms with E-state index in [1.165, 1.54) is 16.7 Å². The van der Waals surface area contributed by atoms with Crippen molar-refractivity contribution in [2.45, 2.75) is 59.0 Å². The maximum absolute atomic E-state index is 6.25. The lowest BCUT2D eigenvalue weighted by Crippen LogP contribution is -2.36. The van der Waals surface area contributed by atoms with Crippen molar-refractivity contribution in [3.63, 3.8) is 0 Å². The summed E-state index contributed by atoms with van der Waals surface area (Å²) in [6.07, 6.45) is 6.78. The van der Waals surface area contributed by atoms with Crippen LogP contribution in [0.2, 0.25) is 0 Å². The van der Waals surface area contributed by atoms with Gasteiger partial charge in [-0.25, -0.2) is 0 Å². The van der Waals surface area contributed by atoms with Crippen LogP contribution in [0.25, 0.3) is 0 Å². The molecular formula is C17H24O. The Labute approximate surface area is 111 Å². The van der Waals surface area contributed by atoms with Gasteiger partial charge in [0.25, 0.3) is 0 Å². The van der Waals surface area contributed by atoms with Crippen LogP contribution >= 0.6 is 0 Å². The van der Waals surface area contributed by atoms with E-state index in [9.17, 15) is 0 Å². The second kappa shape index (κ2) is 5.17. The lowest BCUT2D eigenvalue weighted by molar-refractivity contribution is 0.0571. The van der Waals surface area contributed by atoms with Gasteiger partial charge in [0.2, 0.25) is 0 Å². The molecule has 1 heteroatoms. The van der Waals surface area contributed by atoms with Crippen LogP contribution in [0.5, 0.6) is 5.75 Å². The van der Waals surface area contributed by atoms with E-state index in [1.54, 1.807) is 0 Å². The van der Waals surface area contributed by atoms with Gasteiger partial charge in [-0.2, -0.15) is 0 Å². The van der Waals surface area contributed by atoms with Crippen LogP contribution in [0.15, 0.2) is 29.8 Å². The zero-order chi connectivity index (χ0) is 13.2. The Kier molecular flexibility index (Phi) is 3.79. The van der Waals surface area contributed by atoms with Crippen molar-refractivity contribution < 1.29 is 4.74 Å². The number of rotatable bonds is 3. The summed E-state index contributed by atoms with van der Waals surface area (Å²) in [6, 6.07) is 6.56. The van der Waals surface area contributed by atoms with Crippen molar-refractivity contribution in [1.82, 2.24) is 0 Å². The summed E-state index contributed by atoms with van der Waals surface area (Å²) in [5.74, 6) is 1.10. The molecule has 0 bridgehead atoms. The molecule has 0 aromatic heterocycles. The number of fused-ring (bicyclic) bond motifs is 1. The van der Waals surface area contributed by atoms with Gasteiger partial charge >= 0.3 is 0 Å². The molecule has 0 amide bonds. The molecule has 1 aromatic rings. The molecule has 1 aromatic carbocycles. The van der Waals surface area contributed by atoms with Gasteiger partial charge in [-0.1, -0.05) is 23.8 Å². The number of hydrogen-bond donors (Lipinski definition) is 0. The minimum Gasteiger partial charge on any atom is -0.487 e. The van der Waals surface area contributed by atoms with Crippen molar-refractivity contribution >= 4 is 0 Å². The summed E-state index contributed by atoms with van der Waals surface area (Å²) >= 11 is 0. The SMILES string of the molecule is CC(C)=CCCC1(C)CCc2ccc(C)cc2O1. The largest absolute Gasteiger partial charge is 0.487 e. The van der Waals surface area contributed by atoms with Crippen molar-refractivity contribution in [3.8, 4) is 5.75 Å². The zero-order valence-corrected chi connectivity index (χ0v) is 12.0. The van der Waals surface area contributed by atoms with Gasteiger partial charge in [-0.05, 0) is 70.6 Å². The summed E-state index contributed by atoms with van der Waals surface area (Å²) in [5, 5.41) is 0. The number of ether oxygens (including phenoxy) is 1. The Morgan fingerprint density at radius 1 is 1.39 bits per heavy atom. The Morgan fingerprint density at radius 3 is 2.89 bits per heavy atom. The monoisotopic (exact) mass is 244 g/mol. The summed E-state index contributed by atoms with van der Waals surface area (Å²) in [4.78, 5) is 0. The molecule has 0 N–H and O–H groups in total. The predicted octanol–water partition coefficient (Wildman–Crippen LogP) is 4.83. The van der Waals surface area contributed by atoms with E-state index < -0.39 is 0 Å². The van der Waals surface area contributed by atoms with Gasteiger partial charge < -0.3 is 4.74 Å². The smallest absolute Gasteiger partial charge is 0.123 e. The van der Waals surface area contributed by atoms with Crippen molar-refractivity contribution in [2.24, 2.45) is 0 Å². The molecule has 98 valence electrons. The van der Waals surface area contributed by atoms with Gasteiger partial charge in [0.05, 0.1) is 0 Å². The fraction of sp³-hybridized carbons (Fsp3) is 0.529. The van der Waals surface area contributed by atoms with Crippen LogP contribution in [-0.4, -0.2) is 5.60 Å². The minimum atomic E-state index is 0.00669. The highest BCUT2D eigenvalue weighted by atomic mass is 16.5. The third kappa shape index (κ3) is 3.16. The molecule has 1 atom stereocenters. The second-order valence-corrected chi connectivity index (χ2v) is 5.98. The molecule has 1 nitrogen and oxygen atoms in total. The highest BCUT2D eigenvalue weighted by Crippen LogP contribution is 2.36. The molecule has 0 saturated carbocycles. The summed E-state index contributed by atoms with van der Waals surface area (Å²) in [6.45, 7) is 8.68. The first-order chi connectivity index (χ1) is 8.48. The molecule has 18 heavy (non-hydrogen) atoms. The molecule has 0 spiro atoms. The molecule has 0 fully saturated rings. The van der Waals surface area contributed by atoms with E-state index in [2.05, 4.69) is 52.0 Å². The summed E-state index contributed by atoms with van der Waals surface area (Å²) < 4.78 is 6.25. The Morgan fingerprint density at radius 2 is 2.17 bits per heavy atom. The summed E-state index contributed by atoms with van der Waals surface area (Å²) in [5.41, 5.74) is 4.04. The third-order valence-corrected chi connectivity index (χ3v) is 3.73. The van der Waals surface area contributed by atoms with E-state index in [0.717, 1.165) is 31.4 Å². The van der Waals surface area contributed by atoms with Gasteiger partial charge in [-0.3, -0.25) is 0 Å². The molecule has 0 aliphatic carbocycles. The average Bonchev–Trinajstić information content (AvgIpc) is 2.27. The van der Waals surface area contributed by atoms with Crippen LogP contribution < -0.4 is 4.74 Å². The quantitative estimate of drug-likeness (QED) is 0.692. The van der Waals surface area contributed by atoms with E-state index in [-0.39, 0.29) is 5.60 Å². The van der Waals surface area contributed by atoms with E-state index in [1.807, 2.05) is 0 Å². The fourth-order valence-corrected chi connectivity index (χ4v) is 2.52. The highest BCUT2D eigenvalue weighted by Gasteiger charge is 2.30. The standard InChI is InChI=1S/C17H24O/c1-13(2)6-5-10-17(4)11-9-15-8-7-14(3)12-16(15)18-17/h6-8,12H,5,9-11H2,1-4H3. The number of hydrogen-bond acceptors (Lipinski definition) is 1. The van der Waals surface area contributed by atoms with Crippen molar-refractivity contribution in [3.05, 3.63) is 41.0 Å². The Bertz CT molecular complexity index is 455. The lowest BCUT2D eigenvalue weighted by atomic mass is 9.88. The first-order valence-electron chi connectivity index (χ1n) is 6.90. The minimum absolute atomic E-state index is 0.00669. The van der Waals surface area contributed by atoms with Crippen LogP contribution in [-0.2, 0) is 6.42 Å². The van der Waals surface area contributed by atoms with E-state index in [4.69, 9.17) is 4.74 Å². The first kappa shape index (κ1) is 13.2. The van der Waals surface area contributed by atoms with Crippen LogP contribution in [0.3, 0.4) is 0 Å². The maximum Gasteiger partial charge on any atom is 0.123 e. The van der Waals surface area contributed by atoms with E-state index >= 15 is 0 Å². The second-order valence-electron chi connectivity index (χ2n) is 5.98. The van der Waals surface area contributed by atoms with Crippen molar-refractivity contribution in [2.75, 3.05) is 0 Å². The molecule has 1 unspecified atom stereocenters. The van der Waals surface area contributed by atoms with Crippen LogP contribution in [0, 0.1) is 6.92 Å². The Balaban J connectivity index is 2.07. The highest BCUT2D eigenvalue weighted by molar-refractivity contribution is 5.39. The van der Waals surface area contributed by atoms with Gasteiger partial charge in [0, 0.05) is 0 Å². The number of allylic oxidation sites excluding steroid dienone is 2. The summed E-state index contributed by atoms with van der Waals surface area (Å²) in [7, 11) is 0. The third-order valence-electron chi connectivity index (χ3n) is 3.73. The number of aryl methyl sites for hydroxylation is 2. The van der Waals surface area contributed by atoms with Gasteiger partial charge in [-0.15, -0.1) is 0 Å². The molecule has 1 heterocycles.